The van der Waals surface area contributed by atoms with Crippen LogP contribution in [0.5, 0.6) is 0 Å². The van der Waals surface area contributed by atoms with Crippen LogP contribution in [-0.2, 0) is 4.74 Å². The van der Waals surface area contributed by atoms with E-state index in [1.807, 2.05) is 0 Å². The van der Waals surface area contributed by atoms with Gasteiger partial charge in [0.2, 0.25) is 0 Å². The molecule has 5 nitrogen and oxygen atoms in total. The molecule has 2 amide bonds. The molecule has 1 heterocycles. The van der Waals surface area contributed by atoms with Gasteiger partial charge < -0.3 is 20.7 Å². The van der Waals surface area contributed by atoms with Gasteiger partial charge in [0.25, 0.3) is 0 Å². The van der Waals surface area contributed by atoms with Gasteiger partial charge in [-0.2, -0.15) is 0 Å². The fraction of sp³-hybridized carbons (Fsp3) is 0.900. The number of methoxy groups -OCH3 is 1. The van der Waals surface area contributed by atoms with E-state index in [4.69, 9.17) is 4.74 Å². The van der Waals surface area contributed by atoms with Crippen molar-refractivity contribution in [2.24, 2.45) is 11.8 Å². The van der Waals surface area contributed by atoms with Crippen LogP contribution >= 0.6 is 0 Å². The fourth-order valence-corrected chi connectivity index (χ4v) is 1.69. The van der Waals surface area contributed by atoms with Crippen LogP contribution in [0.2, 0.25) is 0 Å². The van der Waals surface area contributed by atoms with E-state index >= 15 is 0 Å². The molecule has 1 rings (SSSR count). The molecule has 1 saturated heterocycles. The summed E-state index contributed by atoms with van der Waals surface area (Å²) >= 11 is 0. The Hall–Kier alpha value is -0.810. The van der Waals surface area contributed by atoms with Crippen molar-refractivity contribution >= 4 is 6.03 Å². The number of hydrogen-bond donors (Lipinski definition) is 3. The molecular formula is C10H21N3O2. The maximum Gasteiger partial charge on any atom is 0.314 e. The minimum Gasteiger partial charge on any atom is -0.383 e. The molecule has 88 valence electrons. The predicted octanol–water partition coefficient (Wildman–Crippen LogP) is -0.212. The molecular weight excluding hydrogens is 194 g/mol. The summed E-state index contributed by atoms with van der Waals surface area (Å²) in [6.45, 7) is 6.11. The summed E-state index contributed by atoms with van der Waals surface area (Å²) in [5, 5.41) is 8.90. The Kier molecular flexibility index (Phi) is 5.42. The van der Waals surface area contributed by atoms with Gasteiger partial charge in [-0.3, -0.25) is 0 Å². The Labute approximate surface area is 90.9 Å². The molecule has 0 aromatic rings. The minimum absolute atomic E-state index is 0.105. The van der Waals surface area contributed by atoms with Crippen molar-refractivity contribution in [2.75, 3.05) is 39.9 Å². The second kappa shape index (κ2) is 6.63. The molecule has 0 bridgehead atoms. The molecule has 0 saturated carbocycles. The molecule has 3 N–H and O–H groups in total. The largest absolute Gasteiger partial charge is 0.383 e. The maximum absolute atomic E-state index is 11.3. The molecule has 0 aromatic heterocycles. The topological polar surface area (TPSA) is 62.4 Å². The molecule has 0 radical (unpaired) electrons. The van der Waals surface area contributed by atoms with E-state index < -0.39 is 0 Å². The zero-order valence-corrected chi connectivity index (χ0v) is 9.51. The van der Waals surface area contributed by atoms with Gasteiger partial charge >= 0.3 is 6.03 Å². The van der Waals surface area contributed by atoms with Crippen LogP contribution < -0.4 is 16.0 Å². The SMILES string of the molecule is COCCNC(=O)NC[C@@H]1CNC[C@H]1C. The Bertz CT molecular complexity index is 199. The first kappa shape index (κ1) is 12.3. The molecule has 5 heteroatoms. The highest BCUT2D eigenvalue weighted by atomic mass is 16.5. The first-order valence-electron chi connectivity index (χ1n) is 5.45. The molecule has 1 fully saturated rings. The second-order valence-electron chi connectivity index (χ2n) is 4.03. The molecule has 1 aliphatic rings. The van der Waals surface area contributed by atoms with Crippen LogP contribution in [0.4, 0.5) is 4.79 Å². The average molecular weight is 215 g/mol. The fourth-order valence-electron chi connectivity index (χ4n) is 1.69. The van der Waals surface area contributed by atoms with E-state index in [0.717, 1.165) is 19.6 Å². The minimum atomic E-state index is -0.105. The van der Waals surface area contributed by atoms with E-state index in [-0.39, 0.29) is 6.03 Å². The van der Waals surface area contributed by atoms with E-state index in [1.165, 1.54) is 0 Å². The number of carbonyl (C=O) groups excluding carboxylic acids is 1. The summed E-state index contributed by atoms with van der Waals surface area (Å²) in [5.74, 6) is 1.20. The van der Waals surface area contributed by atoms with E-state index in [9.17, 15) is 4.79 Å². The highest BCUT2D eigenvalue weighted by Crippen LogP contribution is 2.14. The zero-order chi connectivity index (χ0) is 11.1. The molecule has 1 aliphatic heterocycles. The third-order valence-electron chi connectivity index (χ3n) is 2.79. The zero-order valence-electron chi connectivity index (χ0n) is 9.51. The van der Waals surface area contributed by atoms with Gasteiger partial charge in [-0.25, -0.2) is 4.79 Å². The lowest BCUT2D eigenvalue weighted by atomic mass is 9.98. The van der Waals surface area contributed by atoms with Crippen molar-refractivity contribution in [3.63, 3.8) is 0 Å². The molecule has 15 heavy (non-hydrogen) atoms. The van der Waals surface area contributed by atoms with Crippen molar-refractivity contribution in [3.8, 4) is 0 Å². The summed E-state index contributed by atoms with van der Waals surface area (Å²) in [6, 6.07) is -0.105. The van der Waals surface area contributed by atoms with Gasteiger partial charge in [-0.15, -0.1) is 0 Å². The third kappa shape index (κ3) is 4.48. The first-order chi connectivity index (χ1) is 7.24. The standard InChI is InChI=1S/C10H21N3O2/c1-8-5-11-6-9(8)7-13-10(14)12-3-4-15-2/h8-9,11H,3-7H2,1-2H3,(H2,12,13,14)/t8-,9+/m1/s1. The van der Waals surface area contributed by atoms with Crippen LogP contribution in [0.15, 0.2) is 0 Å². The van der Waals surface area contributed by atoms with E-state index in [0.29, 0.717) is 25.0 Å². The van der Waals surface area contributed by atoms with Crippen molar-refractivity contribution in [3.05, 3.63) is 0 Å². The normalized spacial score (nSPS) is 25.2. The summed E-state index contributed by atoms with van der Waals surface area (Å²) in [4.78, 5) is 11.3. The Morgan fingerprint density at radius 3 is 2.87 bits per heavy atom. The third-order valence-corrected chi connectivity index (χ3v) is 2.79. The smallest absolute Gasteiger partial charge is 0.314 e. The van der Waals surface area contributed by atoms with Gasteiger partial charge in [0.15, 0.2) is 0 Å². The highest BCUT2D eigenvalue weighted by Gasteiger charge is 2.22. The lowest BCUT2D eigenvalue weighted by Crippen LogP contribution is -2.40. The van der Waals surface area contributed by atoms with Crippen LogP contribution in [-0.4, -0.2) is 45.9 Å². The van der Waals surface area contributed by atoms with Crippen LogP contribution in [0.25, 0.3) is 0 Å². The van der Waals surface area contributed by atoms with Gasteiger partial charge in [-0.05, 0) is 24.9 Å². The highest BCUT2D eigenvalue weighted by molar-refractivity contribution is 5.73. The summed E-state index contributed by atoms with van der Waals surface area (Å²) in [6.07, 6.45) is 0. The number of carbonyl (C=O) groups is 1. The molecule has 0 unspecified atom stereocenters. The summed E-state index contributed by atoms with van der Waals surface area (Å²) < 4.78 is 4.83. The van der Waals surface area contributed by atoms with Crippen molar-refractivity contribution in [1.82, 2.24) is 16.0 Å². The number of ether oxygens (including phenoxy) is 1. The van der Waals surface area contributed by atoms with E-state index in [1.54, 1.807) is 7.11 Å². The lowest BCUT2D eigenvalue weighted by molar-refractivity contribution is 0.195. The van der Waals surface area contributed by atoms with Gasteiger partial charge in [0, 0.05) is 20.2 Å². The van der Waals surface area contributed by atoms with Crippen molar-refractivity contribution in [2.45, 2.75) is 6.92 Å². The Morgan fingerprint density at radius 2 is 2.27 bits per heavy atom. The lowest BCUT2D eigenvalue weighted by Gasteiger charge is -2.15. The number of nitrogens with one attached hydrogen (secondary N) is 3. The number of hydrogen-bond acceptors (Lipinski definition) is 3. The Balaban J connectivity index is 2.05. The number of urea groups is 1. The maximum atomic E-state index is 11.3. The second-order valence-corrected chi connectivity index (χ2v) is 4.03. The number of rotatable bonds is 5. The van der Waals surface area contributed by atoms with E-state index in [2.05, 4.69) is 22.9 Å². The predicted molar refractivity (Wildman–Crippen MR) is 58.8 cm³/mol. The average Bonchev–Trinajstić information content (AvgIpc) is 2.61. The molecule has 0 aliphatic carbocycles. The van der Waals surface area contributed by atoms with Crippen LogP contribution in [0.1, 0.15) is 6.92 Å². The molecule has 0 spiro atoms. The van der Waals surface area contributed by atoms with Gasteiger partial charge in [-0.1, -0.05) is 6.92 Å². The van der Waals surface area contributed by atoms with Crippen molar-refractivity contribution in [1.29, 1.82) is 0 Å². The van der Waals surface area contributed by atoms with Gasteiger partial charge in [0.1, 0.15) is 0 Å². The number of amides is 2. The Morgan fingerprint density at radius 1 is 1.47 bits per heavy atom. The van der Waals surface area contributed by atoms with Crippen molar-refractivity contribution < 1.29 is 9.53 Å². The van der Waals surface area contributed by atoms with Crippen LogP contribution in [0.3, 0.4) is 0 Å². The monoisotopic (exact) mass is 215 g/mol. The molecule has 0 aromatic carbocycles. The first-order valence-corrected chi connectivity index (χ1v) is 5.45. The van der Waals surface area contributed by atoms with Gasteiger partial charge in [0.05, 0.1) is 6.61 Å². The van der Waals surface area contributed by atoms with Crippen LogP contribution in [0, 0.1) is 11.8 Å². The summed E-state index contributed by atoms with van der Waals surface area (Å²) in [7, 11) is 1.62. The molecule has 2 atom stereocenters. The quantitative estimate of drug-likeness (QED) is 0.556. The summed E-state index contributed by atoms with van der Waals surface area (Å²) in [5.41, 5.74) is 0.